The number of hydrogen-bond acceptors (Lipinski definition) is 5. The second-order valence-corrected chi connectivity index (χ2v) is 8.23. The van der Waals surface area contributed by atoms with E-state index in [1.54, 1.807) is 7.11 Å². The minimum absolute atomic E-state index is 0.0122. The molecule has 0 saturated carbocycles. The lowest BCUT2D eigenvalue weighted by Crippen LogP contribution is -2.44. The summed E-state index contributed by atoms with van der Waals surface area (Å²) < 4.78 is 10.8. The van der Waals surface area contributed by atoms with E-state index in [9.17, 15) is 9.59 Å². The maximum atomic E-state index is 12.7. The van der Waals surface area contributed by atoms with Gasteiger partial charge in [0.05, 0.1) is 32.8 Å². The molecule has 2 fully saturated rings. The van der Waals surface area contributed by atoms with Crippen LogP contribution in [0.1, 0.15) is 30.0 Å². The molecule has 1 unspecified atom stereocenters. The molecular formula is C25H31N3O4. The van der Waals surface area contributed by atoms with Gasteiger partial charge in [0, 0.05) is 38.3 Å². The summed E-state index contributed by atoms with van der Waals surface area (Å²) in [6.07, 6.45) is 1.83. The molecule has 0 radical (unpaired) electrons. The Morgan fingerprint density at radius 3 is 2.41 bits per heavy atom. The number of carbonyl (C=O) groups is 2. The number of methoxy groups -OCH3 is 1. The van der Waals surface area contributed by atoms with Crippen molar-refractivity contribution in [2.24, 2.45) is 0 Å². The van der Waals surface area contributed by atoms with Crippen molar-refractivity contribution in [2.75, 3.05) is 51.4 Å². The zero-order valence-electron chi connectivity index (χ0n) is 18.6. The van der Waals surface area contributed by atoms with E-state index in [4.69, 9.17) is 9.47 Å². The Morgan fingerprint density at radius 2 is 1.78 bits per heavy atom. The number of benzene rings is 2. The first-order valence-corrected chi connectivity index (χ1v) is 11.3. The van der Waals surface area contributed by atoms with Crippen LogP contribution in [0.2, 0.25) is 0 Å². The van der Waals surface area contributed by atoms with E-state index < -0.39 is 0 Å². The molecule has 2 aromatic rings. The summed E-state index contributed by atoms with van der Waals surface area (Å²) in [5.74, 6) is 0.975. The highest BCUT2D eigenvalue weighted by molar-refractivity contribution is 5.95. The van der Waals surface area contributed by atoms with Crippen LogP contribution >= 0.6 is 0 Å². The number of nitrogens with one attached hydrogen (secondary N) is 1. The Morgan fingerprint density at radius 1 is 1.06 bits per heavy atom. The van der Waals surface area contributed by atoms with Gasteiger partial charge in [-0.05, 0) is 41.8 Å². The monoisotopic (exact) mass is 437 g/mol. The molecule has 32 heavy (non-hydrogen) atoms. The van der Waals surface area contributed by atoms with Gasteiger partial charge in [-0.3, -0.25) is 14.5 Å². The molecular weight excluding hydrogens is 406 g/mol. The molecule has 4 rings (SSSR count). The van der Waals surface area contributed by atoms with Gasteiger partial charge >= 0.3 is 0 Å². The van der Waals surface area contributed by atoms with Crippen LogP contribution in [-0.2, 0) is 20.7 Å². The lowest BCUT2D eigenvalue weighted by Gasteiger charge is -2.35. The van der Waals surface area contributed by atoms with Gasteiger partial charge in [0.15, 0.2) is 0 Å². The van der Waals surface area contributed by atoms with Crippen molar-refractivity contribution in [3.8, 4) is 5.75 Å². The average molecular weight is 438 g/mol. The molecule has 170 valence electrons. The van der Waals surface area contributed by atoms with E-state index in [0.717, 1.165) is 48.6 Å². The van der Waals surface area contributed by atoms with Crippen molar-refractivity contribution in [2.45, 2.75) is 25.3 Å². The number of morpholine rings is 1. The quantitative estimate of drug-likeness (QED) is 0.687. The van der Waals surface area contributed by atoms with Gasteiger partial charge in [-0.2, -0.15) is 0 Å². The van der Waals surface area contributed by atoms with Crippen LogP contribution in [0.15, 0.2) is 48.5 Å². The number of nitrogens with zero attached hydrogens (tertiary/aromatic N) is 2. The standard InChI is InChI=1S/C25H31N3O4/c1-31-22-10-6-20(7-11-22)23(27-13-15-32-16-14-27)18-26-24(29)17-19-4-8-21(9-5-19)28-12-2-3-25(28)30/h4-11,23H,2-3,12-18H2,1H3,(H,26,29). The van der Waals surface area contributed by atoms with Crippen molar-refractivity contribution in [1.29, 1.82) is 0 Å². The molecule has 2 saturated heterocycles. The summed E-state index contributed by atoms with van der Waals surface area (Å²) in [5, 5.41) is 3.12. The molecule has 2 heterocycles. The van der Waals surface area contributed by atoms with Crippen molar-refractivity contribution < 1.29 is 19.1 Å². The summed E-state index contributed by atoms with van der Waals surface area (Å²) >= 11 is 0. The second kappa shape index (κ2) is 10.6. The van der Waals surface area contributed by atoms with Gasteiger partial charge in [-0.1, -0.05) is 24.3 Å². The van der Waals surface area contributed by atoms with E-state index in [-0.39, 0.29) is 17.9 Å². The smallest absolute Gasteiger partial charge is 0.227 e. The molecule has 2 aliphatic heterocycles. The number of carbonyl (C=O) groups excluding carboxylic acids is 2. The van der Waals surface area contributed by atoms with Crippen molar-refractivity contribution in [3.63, 3.8) is 0 Å². The maximum absolute atomic E-state index is 12.7. The Kier molecular flexibility index (Phi) is 7.39. The number of hydrogen-bond donors (Lipinski definition) is 1. The van der Waals surface area contributed by atoms with Crippen LogP contribution in [-0.4, -0.2) is 63.2 Å². The summed E-state index contributed by atoms with van der Waals surface area (Å²) in [7, 11) is 1.66. The van der Waals surface area contributed by atoms with Gasteiger partial charge < -0.3 is 19.7 Å². The Labute approximate surface area is 189 Å². The van der Waals surface area contributed by atoms with E-state index in [2.05, 4.69) is 22.3 Å². The minimum atomic E-state index is -0.0122. The Bertz CT molecular complexity index is 908. The first kappa shape index (κ1) is 22.3. The first-order chi connectivity index (χ1) is 15.6. The highest BCUT2D eigenvalue weighted by Gasteiger charge is 2.24. The molecule has 2 aromatic carbocycles. The van der Waals surface area contributed by atoms with Crippen LogP contribution in [0, 0.1) is 0 Å². The zero-order chi connectivity index (χ0) is 22.3. The van der Waals surface area contributed by atoms with E-state index in [1.807, 2.05) is 41.3 Å². The first-order valence-electron chi connectivity index (χ1n) is 11.3. The van der Waals surface area contributed by atoms with E-state index in [1.165, 1.54) is 0 Å². The third-order valence-corrected chi connectivity index (χ3v) is 6.17. The SMILES string of the molecule is COc1ccc(C(CNC(=O)Cc2ccc(N3CCCC3=O)cc2)N2CCOCC2)cc1. The largest absolute Gasteiger partial charge is 0.497 e. The minimum Gasteiger partial charge on any atom is -0.497 e. The van der Waals surface area contributed by atoms with E-state index >= 15 is 0 Å². The van der Waals surface area contributed by atoms with Crippen LogP contribution in [0.4, 0.5) is 5.69 Å². The third kappa shape index (κ3) is 5.47. The number of amides is 2. The van der Waals surface area contributed by atoms with Gasteiger partial charge in [-0.15, -0.1) is 0 Å². The fraction of sp³-hybridized carbons (Fsp3) is 0.440. The van der Waals surface area contributed by atoms with Gasteiger partial charge in [0.2, 0.25) is 11.8 Å². The maximum Gasteiger partial charge on any atom is 0.227 e. The zero-order valence-corrected chi connectivity index (χ0v) is 18.6. The van der Waals surface area contributed by atoms with Crippen LogP contribution in [0.3, 0.4) is 0 Å². The highest BCUT2D eigenvalue weighted by Crippen LogP contribution is 2.24. The van der Waals surface area contributed by atoms with Crippen molar-refractivity contribution in [1.82, 2.24) is 10.2 Å². The number of rotatable bonds is 8. The van der Waals surface area contributed by atoms with Crippen LogP contribution < -0.4 is 15.0 Å². The molecule has 2 aliphatic rings. The molecule has 2 amide bonds. The molecule has 0 aliphatic carbocycles. The lowest BCUT2D eigenvalue weighted by molar-refractivity contribution is -0.121. The molecule has 7 heteroatoms. The van der Waals surface area contributed by atoms with Gasteiger partial charge in [0.25, 0.3) is 0 Å². The normalized spacial score (nSPS) is 17.9. The Balaban J connectivity index is 1.36. The van der Waals surface area contributed by atoms with Crippen molar-refractivity contribution >= 4 is 17.5 Å². The molecule has 0 aromatic heterocycles. The fourth-order valence-corrected chi connectivity index (χ4v) is 4.35. The summed E-state index contributed by atoms with van der Waals surface area (Å²) in [6, 6.07) is 15.8. The number of ether oxygens (including phenoxy) is 2. The lowest BCUT2D eigenvalue weighted by atomic mass is 10.0. The summed E-state index contributed by atoms with van der Waals surface area (Å²) in [5.41, 5.74) is 2.99. The van der Waals surface area contributed by atoms with E-state index in [0.29, 0.717) is 32.6 Å². The topological polar surface area (TPSA) is 71.1 Å². The van der Waals surface area contributed by atoms with Gasteiger partial charge in [0.1, 0.15) is 5.75 Å². The molecule has 0 spiro atoms. The third-order valence-electron chi connectivity index (χ3n) is 6.17. The van der Waals surface area contributed by atoms with Gasteiger partial charge in [-0.25, -0.2) is 0 Å². The summed E-state index contributed by atoms with van der Waals surface area (Å²) in [6.45, 7) is 4.38. The molecule has 1 N–H and O–H groups in total. The highest BCUT2D eigenvalue weighted by atomic mass is 16.5. The molecule has 0 bridgehead atoms. The predicted molar refractivity (Wildman–Crippen MR) is 123 cm³/mol. The summed E-state index contributed by atoms with van der Waals surface area (Å²) in [4.78, 5) is 28.8. The predicted octanol–water partition coefficient (Wildman–Crippen LogP) is 2.55. The Hall–Kier alpha value is -2.90. The second-order valence-electron chi connectivity index (χ2n) is 8.23. The molecule has 7 nitrogen and oxygen atoms in total. The van der Waals surface area contributed by atoms with Crippen molar-refractivity contribution in [3.05, 3.63) is 59.7 Å². The molecule has 1 atom stereocenters. The van der Waals surface area contributed by atoms with Crippen LogP contribution in [0.25, 0.3) is 0 Å². The van der Waals surface area contributed by atoms with Crippen LogP contribution in [0.5, 0.6) is 5.75 Å². The average Bonchev–Trinajstić information content (AvgIpc) is 3.26. The fourth-order valence-electron chi connectivity index (χ4n) is 4.35. The number of anilines is 1.